The molecule has 0 saturated carbocycles. The standard InChI is InChI=1S/C15H24BNO3/c1-14(2)10-17(11-15(3,4)20-14)9-12-6-5-7-13(8-12)16(18)19/h5-8,18-19H,9-11H2,1-4H3. The molecule has 1 heterocycles. The summed E-state index contributed by atoms with van der Waals surface area (Å²) in [6.07, 6.45) is 0. The lowest BCUT2D eigenvalue weighted by molar-refractivity contribution is -0.182. The number of morpholine rings is 1. The Morgan fingerprint density at radius 1 is 1.15 bits per heavy atom. The fourth-order valence-electron chi connectivity index (χ4n) is 3.17. The van der Waals surface area contributed by atoms with E-state index in [0.717, 1.165) is 25.2 Å². The fraction of sp³-hybridized carbons (Fsp3) is 0.600. The van der Waals surface area contributed by atoms with E-state index in [1.807, 2.05) is 18.2 Å². The molecule has 20 heavy (non-hydrogen) atoms. The average molecular weight is 277 g/mol. The minimum Gasteiger partial charge on any atom is -0.423 e. The van der Waals surface area contributed by atoms with Crippen molar-refractivity contribution in [2.75, 3.05) is 13.1 Å². The van der Waals surface area contributed by atoms with Gasteiger partial charge in [0.25, 0.3) is 0 Å². The van der Waals surface area contributed by atoms with Crippen LogP contribution in [0.4, 0.5) is 0 Å². The highest BCUT2D eigenvalue weighted by Crippen LogP contribution is 2.28. The topological polar surface area (TPSA) is 52.9 Å². The van der Waals surface area contributed by atoms with Gasteiger partial charge in [-0.3, -0.25) is 4.90 Å². The number of rotatable bonds is 3. The lowest BCUT2D eigenvalue weighted by Gasteiger charge is -2.47. The van der Waals surface area contributed by atoms with Crippen LogP contribution in [0.5, 0.6) is 0 Å². The molecule has 0 radical (unpaired) electrons. The summed E-state index contributed by atoms with van der Waals surface area (Å²) in [7, 11) is -1.41. The molecule has 0 unspecified atom stereocenters. The highest BCUT2D eigenvalue weighted by molar-refractivity contribution is 6.58. The van der Waals surface area contributed by atoms with E-state index in [0.29, 0.717) is 5.46 Å². The van der Waals surface area contributed by atoms with Crippen LogP contribution in [0.3, 0.4) is 0 Å². The Morgan fingerprint density at radius 2 is 1.75 bits per heavy atom. The molecule has 0 amide bonds. The third-order valence-electron chi connectivity index (χ3n) is 3.42. The second-order valence-corrected chi connectivity index (χ2v) is 6.89. The Labute approximate surface area is 121 Å². The van der Waals surface area contributed by atoms with Gasteiger partial charge in [-0.2, -0.15) is 0 Å². The van der Waals surface area contributed by atoms with Crippen molar-refractivity contribution in [2.24, 2.45) is 0 Å². The number of benzene rings is 1. The van der Waals surface area contributed by atoms with E-state index in [1.165, 1.54) is 0 Å². The number of nitrogens with zero attached hydrogens (tertiary/aromatic N) is 1. The lowest BCUT2D eigenvalue weighted by Crippen LogP contribution is -2.56. The zero-order valence-corrected chi connectivity index (χ0v) is 12.8. The van der Waals surface area contributed by atoms with Gasteiger partial charge in [0, 0.05) is 19.6 Å². The van der Waals surface area contributed by atoms with Crippen LogP contribution in [-0.2, 0) is 11.3 Å². The van der Waals surface area contributed by atoms with Gasteiger partial charge in [0.2, 0.25) is 0 Å². The Kier molecular flexibility index (Phi) is 4.26. The molecule has 110 valence electrons. The van der Waals surface area contributed by atoms with E-state index in [9.17, 15) is 10.0 Å². The van der Waals surface area contributed by atoms with Crippen molar-refractivity contribution in [3.8, 4) is 0 Å². The van der Waals surface area contributed by atoms with Gasteiger partial charge in [-0.05, 0) is 38.7 Å². The predicted octanol–water partition coefficient (Wildman–Crippen LogP) is 0.756. The molecule has 0 spiro atoms. The van der Waals surface area contributed by atoms with Gasteiger partial charge in [-0.25, -0.2) is 0 Å². The molecule has 0 atom stereocenters. The summed E-state index contributed by atoms with van der Waals surface area (Å²) in [6, 6.07) is 7.45. The highest BCUT2D eigenvalue weighted by atomic mass is 16.5. The Balaban J connectivity index is 2.11. The summed E-state index contributed by atoms with van der Waals surface area (Å²) in [5, 5.41) is 18.5. The Morgan fingerprint density at radius 3 is 2.30 bits per heavy atom. The second kappa shape index (κ2) is 5.49. The molecule has 2 rings (SSSR count). The van der Waals surface area contributed by atoms with Gasteiger partial charge in [0.05, 0.1) is 11.2 Å². The molecule has 1 saturated heterocycles. The zero-order valence-electron chi connectivity index (χ0n) is 12.8. The van der Waals surface area contributed by atoms with Crippen LogP contribution in [-0.4, -0.2) is 46.4 Å². The van der Waals surface area contributed by atoms with Crippen molar-refractivity contribution in [1.29, 1.82) is 0 Å². The highest BCUT2D eigenvalue weighted by Gasteiger charge is 2.37. The third kappa shape index (κ3) is 4.06. The zero-order chi connectivity index (χ0) is 15.0. The van der Waals surface area contributed by atoms with Crippen LogP contribution in [0.15, 0.2) is 24.3 Å². The summed E-state index contributed by atoms with van der Waals surface area (Å²) >= 11 is 0. The largest absolute Gasteiger partial charge is 0.488 e. The SMILES string of the molecule is CC1(C)CN(Cc2cccc(B(O)O)c2)CC(C)(C)O1. The minimum atomic E-state index is -1.41. The van der Waals surface area contributed by atoms with Gasteiger partial charge < -0.3 is 14.8 Å². The van der Waals surface area contributed by atoms with Gasteiger partial charge in [0.1, 0.15) is 0 Å². The maximum Gasteiger partial charge on any atom is 0.488 e. The normalized spacial score (nSPS) is 21.7. The number of hydrogen-bond donors (Lipinski definition) is 2. The minimum absolute atomic E-state index is 0.171. The molecule has 0 bridgehead atoms. The van der Waals surface area contributed by atoms with Crippen LogP contribution in [0.1, 0.15) is 33.3 Å². The second-order valence-electron chi connectivity index (χ2n) is 6.89. The molecule has 1 fully saturated rings. The molecule has 4 nitrogen and oxygen atoms in total. The van der Waals surface area contributed by atoms with Gasteiger partial charge in [-0.1, -0.05) is 24.3 Å². The van der Waals surface area contributed by atoms with Crippen LogP contribution in [0.2, 0.25) is 0 Å². The monoisotopic (exact) mass is 277 g/mol. The van der Waals surface area contributed by atoms with E-state index in [4.69, 9.17) is 4.74 Å². The molecular weight excluding hydrogens is 253 g/mol. The van der Waals surface area contributed by atoms with E-state index < -0.39 is 7.12 Å². The van der Waals surface area contributed by atoms with Gasteiger partial charge in [0.15, 0.2) is 0 Å². The lowest BCUT2D eigenvalue weighted by atomic mass is 9.79. The average Bonchev–Trinajstić information content (AvgIpc) is 2.24. The number of hydrogen-bond acceptors (Lipinski definition) is 4. The first-order valence-electron chi connectivity index (χ1n) is 7.04. The fourth-order valence-corrected chi connectivity index (χ4v) is 3.17. The van der Waals surface area contributed by atoms with Crippen molar-refractivity contribution in [2.45, 2.75) is 45.4 Å². The molecule has 2 N–H and O–H groups in total. The van der Waals surface area contributed by atoms with Crippen molar-refractivity contribution in [3.05, 3.63) is 29.8 Å². The van der Waals surface area contributed by atoms with Crippen molar-refractivity contribution < 1.29 is 14.8 Å². The molecule has 0 aromatic heterocycles. The van der Waals surface area contributed by atoms with Crippen molar-refractivity contribution in [1.82, 2.24) is 4.90 Å². The first kappa shape index (κ1) is 15.5. The summed E-state index contributed by atoms with van der Waals surface area (Å²) in [6.45, 7) is 10.9. The summed E-state index contributed by atoms with van der Waals surface area (Å²) in [5.41, 5.74) is 1.28. The van der Waals surface area contributed by atoms with Crippen molar-refractivity contribution >= 4 is 12.6 Å². The van der Waals surface area contributed by atoms with Gasteiger partial charge >= 0.3 is 7.12 Å². The van der Waals surface area contributed by atoms with E-state index in [-0.39, 0.29) is 11.2 Å². The van der Waals surface area contributed by atoms with Crippen LogP contribution < -0.4 is 5.46 Å². The third-order valence-corrected chi connectivity index (χ3v) is 3.42. The molecule has 5 heteroatoms. The Hall–Kier alpha value is -0.875. The molecule has 1 aromatic carbocycles. The van der Waals surface area contributed by atoms with E-state index in [1.54, 1.807) is 6.07 Å². The van der Waals surface area contributed by atoms with Crippen molar-refractivity contribution in [3.63, 3.8) is 0 Å². The Bertz CT molecular complexity index is 458. The number of ether oxygens (including phenoxy) is 1. The molecule has 0 aliphatic carbocycles. The molecular formula is C15H24BNO3. The first-order valence-corrected chi connectivity index (χ1v) is 7.04. The van der Waals surface area contributed by atoms with E-state index in [2.05, 4.69) is 32.6 Å². The maximum atomic E-state index is 9.24. The predicted molar refractivity (Wildman–Crippen MR) is 80.8 cm³/mol. The first-order chi connectivity index (χ1) is 9.17. The summed E-state index contributed by atoms with van der Waals surface area (Å²) in [4.78, 5) is 2.35. The molecule has 1 aliphatic rings. The van der Waals surface area contributed by atoms with Gasteiger partial charge in [-0.15, -0.1) is 0 Å². The smallest absolute Gasteiger partial charge is 0.423 e. The quantitative estimate of drug-likeness (QED) is 0.801. The summed E-state index contributed by atoms with van der Waals surface area (Å²) in [5.74, 6) is 0. The maximum absolute atomic E-state index is 9.24. The molecule has 1 aromatic rings. The van der Waals surface area contributed by atoms with E-state index >= 15 is 0 Å². The summed E-state index contributed by atoms with van der Waals surface area (Å²) < 4.78 is 6.07. The molecule has 1 aliphatic heterocycles. The van der Waals surface area contributed by atoms with Crippen LogP contribution >= 0.6 is 0 Å². The van der Waals surface area contributed by atoms with Crippen LogP contribution in [0, 0.1) is 0 Å². The van der Waals surface area contributed by atoms with Crippen LogP contribution in [0.25, 0.3) is 0 Å².